The molecule has 1 fully saturated rings. The lowest BCUT2D eigenvalue weighted by Crippen LogP contribution is -2.28. The standard InChI is InChI=1S/C20H23NO5S/c1-13-3-6-15(7-4-13)27(22,23)19-18(20(19,10-21)11-24-2)14-5-8-16-17(9-14)26-12-25-16/h3-9,18-19H,10-12,21H2,1-2H3/t18-,19-,20-/m1/s1. The molecule has 0 saturated heterocycles. The summed E-state index contributed by atoms with van der Waals surface area (Å²) in [4.78, 5) is 0.315. The van der Waals surface area contributed by atoms with Crippen LogP contribution in [-0.2, 0) is 14.6 Å². The first-order chi connectivity index (χ1) is 12.9. The Morgan fingerprint density at radius 2 is 1.85 bits per heavy atom. The quantitative estimate of drug-likeness (QED) is 0.815. The second-order valence-electron chi connectivity index (χ2n) is 7.24. The Kier molecular flexibility index (Phi) is 4.41. The van der Waals surface area contributed by atoms with Crippen molar-refractivity contribution < 1.29 is 22.6 Å². The minimum absolute atomic E-state index is 0.175. The third-order valence-corrected chi connectivity index (χ3v) is 7.95. The molecule has 1 saturated carbocycles. The van der Waals surface area contributed by atoms with Gasteiger partial charge in [0.1, 0.15) is 0 Å². The molecule has 1 aliphatic carbocycles. The molecule has 7 heteroatoms. The summed E-state index contributed by atoms with van der Waals surface area (Å²) in [6.07, 6.45) is 0. The molecule has 0 aromatic heterocycles. The highest BCUT2D eigenvalue weighted by Gasteiger charge is 2.70. The largest absolute Gasteiger partial charge is 0.454 e. The summed E-state index contributed by atoms with van der Waals surface area (Å²) in [5, 5.41) is -0.641. The van der Waals surface area contributed by atoms with Gasteiger partial charge in [0.25, 0.3) is 0 Å². The lowest BCUT2D eigenvalue weighted by molar-refractivity contribution is 0.142. The van der Waals surface area contributed by atoms with Gasteiger partial charge in [-0.3, -0.25) is 0 Å². The first-order valence-corrected chi connectivity index (χ1v) is 10.4. The number of rotatable bonds is 6. The molecule has 27 heavy (non-hydrogen) atoms. The Morgan fingerprint density at radius 3 is 2.52 bits per heavy atom. The maximum Gasteiger partial charge on any atom is 0.231 e. The molecule has 1 heterocycles. The molecule has 0 spiro atoms. The highest BCUT2D eigenvalue weighted by Crippen LogP contribution is 2.64. The minimum atomic E-state index is -3.57. The number of ether oxygens (including phenoxy) is 3. The number of nitrogens with two attached hydrogens (primary N) is 1. The Morgan fingerprint density at radius 1 is 1.15 bits per heavy atom. The van der Waals surface area contributed by atoms with E-state index in [1.54, 1.807) is 19.2 Å². The van der Waals surface area contributed by atoms with E-state index in [1.165, 1.54) is 0 Å². The Hall–Kier alpha value is -2.09. The summed E-state index contributed by atoms with van der Waals surface area (Å²) in [7, 11) is -2.00. The molecule has 4 rings (SSSR count). The van der Waals surface area contributed by atoms with E-state index in [2.05, 4.69) is 0 Å². The fourth-order valence-corrected chi connectivity index (χ4v) is 6.62. The van der Waals surface area contributed by atoms with Gasteiger partial charge in [-0.2, -0.15) is 0 Å². The van der Waals surface area contributed by atoms with E-state index in [1.807, 2.05) is 37.3 Å². The lowest BCUT2D eigenvalue weighted by Gasteiger charge is -2.15. The molecule has 6 nitrogen and oxygen atoms in total. The SMILES string of the molecule is COC[C@]1(CN)[C@H](c2ccc3c(c2)OCO3)[C@H]1S(=O)(=O)c1ccc(C)cc1. The van der Waals surface area contributed by atoms with Crippen molar-refractivity contribution in [1.82, 2.24) is 0 Å². The van der Waals surface area contributed by atoms with Crippen LogP contribution in [0.4, 0.5) is 0 Å². The van der Waals surface area contributed by atoms with Crippen molar-refractivity contribution in [1.29, 1.82) is 0 Å². The van der Waals surface area contributed by atoms with E-state index in [9.17, 15) is 8.42 Å². The Labute approximate surface area is 159 Å². The number of hydrogen-bond acceptors (Lipinski definition) is 6. The van der Waals surface area contributed by atoms with Crippen LogP contribution in [0.5, 0.6) is 11.5 Å². The van der Waals surface area contributed by atoms with Crippen LogP contribution in [-0.4, -0.2) is 40.7 Å². The van der Waals surface area contributed by atoms with Gasteiger partial charge in [-0.15, -0.1) is 0 Å². The summed E-state index contributed by atoms with van der Waals surface area (Å²) in [6, 6.07) is 12.5. The van der Waals surface area contributed by atoms with Gasteiger partial charge in [0.2, 0.25) is 6.79 Å². The van der Waals surface area contributed by atoms with Gasteiger partial charge in [0, 0.05) is 25.0 Å². The lowest BCUT2D eigenvalue weighted by atomic mass is 9.99. The van der Waals surface area contributed by atoms with Gasteiger partial charge in [-0.05, 0) is 36.8 Å². The van der Waals surface area contributed by atoms with Crippen LogP contribution in [0.25, 0.3) is 0 Å². The molecule has 0 bridgehead atoms. The highest BCUT2D eigenvalue weighted by atomic mass is 32.2. The third-order valence-electron chi connectivity index (χ3n) is 5.61. The van der Waals surface area contributed by atoms with Crippen LogP contribution in [0, 0.1) is 12.3 Å². The first kappa shape index (κ1) is 18.3. The van der Waals surface area contributed by atoms with E-state index in [0.29, 0.717) is 16.4 Å². The summed E-state index contributed by atoms with van der Waals surface area (Å²) in [5.74, 6) is 1.04. The van der Waals surface area contributed by atoms with Gasteiger partial charge in [-0.25, -0.2) is 8.42 Å². The summed E-state index contributed by atoms with van der Waals surface area (Å²) >= 11 is 0. The average Bonchev–Trinajstić information content (AvgIpc) is 3.10. The van der Waals surface area contributed by atoms with Crippen LogP contribution in [0.15, 0.2) is 47.4 Å². The predicted octanol–water partition coefficient (Wildman–Crippen LogP) is 2.25. The normalized spacial score (nSPS) is 26.2. The Bertz CT molecular complexity index is 957. The highest BCUT2D eigenvalue weighted by molar-refractivity contribution is 7.92. The van der Waals surface area contributed by atoms with Gasteiger partial charge in [0.05, 0.1) is 16.8 Å². The number of methoxy groups -OCH3 is 1. The molecule has 0 unspecified atom stereocenters. The van der Waals surface area contributed by atoms with Crippen molar-refractivity contribution in [2.75, 3.05) is 27.1 Å². The molecule has 144 valence electrons. The maximum atomic E-state index is 13.4. The molecule has 0 radical (unpaired) electrons. The number of hydrogen-bond donors (Lipinski definition) is 1. The van der Waals surface area contributed by atoms with Crippen molar-refractivity contribution in [3.8, 4) is 11.5 Å². The first-order valence-electron chi connectivity index (χ1n) is 8.83. The fourth-order valence-electron chi connectivity index (χ4n) is 4.17. The van der Waals surface area contributed by atoms with Crippen molar-refractivity contribution >= 4 is 9.84 Å². The minimum Gasteiger partial charge on any atom is -0.454 e. The predicted molar refractivity (Wildman–Crippen MR) is 101 cm³/mol. The van der Waals surface area contributed by atoms with Gasteiger partial charge in [0.15, 0.2) is 21.3 Å². The van der Waals surface area contributed by atoms with E-state index in [0.717, 1.165) is 11.1 Å². The molecule has 1 aliphatic heterocycles. The molecule has 2 aliphatic rings. The average molecular weight is 389 g/mol. The van der Waals surface area contributed by atoms with E-state index in [-0.39, 0.29) is 25.9 Å². The van der Waals surface area contributed by atoms with Crippen LogP contribution >= 0.6 is 0 Å². The molecule has 2 N–H and O–H groups in total. The second kappa shape index (κ2) is 6.51. The fraction of sp³-hybridized carbons (Fsp3) is 0.400. The van der Waals surface area contributed by atoms with E-state index < -0.39 is 20.5 Å². The zero-order valence-corrected chi connectivity index (χ0v) is 16.2. The topological polar surface area (TPSA) is 87.8 Å². The number of benzene rings is 2. The number of sulfone groups is 1. The van der Waals surface area contributed by atoms with Crippen LogP contribution in [0.2, 0.25) is 0 Å². The van der Waals surface area contributed by atoms with Gasteiger partial charge >= 0.3 is 0 Å². The smallest absolute Gasteiger partial charge is 0.231 e. The summed E-state index contributed by atoms with van der Waals surface area (Å²) in [6.45, 7) is 2.60. The third kappa shape index (κ3) is 2.81. The van der Waals surface area contributed by atoms with Gasteiger partial charge < -0.3 is 19.9 Å². The van der Waals surface area contributed by atoms with Gasteiger partial charge in [-0.1, -0.05) is 23.8 Å². The van der Waals surface area contributed by atoms with E-state index in [4.69, 9.17) is 19.9 Å². The molecular formula is C20H23NO5S. The van der Waals surface area contributed by atoms with Crippen LogP contribution < -0.4 is 15.2 Å². The van der Waals surface area contributed by atoms with Crippen LogP contribution in [0.1, 0.15) is 17.0 Å². The number of fused-ring (bicyclic) bond motifs is 1. The van der Waals surface area contributed by atoms with Crippen molar-refractivity contribution in [3.63, 3.8) is 0 Å². The van der Waals surface area contributed by atoms with Crippen molar-refractivity contribution in [3.05, 3.63) is 53.6 Å². The molecular weight excluding hydrogens is 366 g/mol. The monoisotopic (exact) mass is 389 g/mol. The Balaban J connectivity index is 1.76. The van der Waals surface area contributed by atoms with Crippen LogP contribution in [0.3, 0.4) is 0 Å². The molecule has 3 atom stereocenters. The summed E-state index contributed by atoms with van der Waals surface area (Å²) in [5.41, 5.74) is 7.31. The molecule has 0 amide bonds. The molecule has 2 aromatic rings. The zero-order chi connectivity index (χ0) is 19.2. The second-order valence-corrected chi connectivity index (χ2v) is 9.31. The summed E-state index contributed by atoms with van der Waals surface area (Å²) < 4.78 is 43.0. The number of aryl methyl sites for hydroxylation is 1. The van der Waals surface area contributed by atoms with Crippen molar-refractivity contribution in [2.24, 2.45) is 11.1 Å². The van der Waals surface area contributed by atoms with E-state index >= 15 is 0 Å². The zero-order valence-electron chi connectivity index (χ0n) is 15.3. The molecule has 2 aromatic carbocycles. The van der Waals surface area contributed by atoms with Crippen molar-refractivity contribution in [2.45, 2.75) is 23.0 Å². The maximum absolute atomic E-state index is 13.4.